The van der Waals surface area contributed by atoms with Gasteiger partial charge in [0.2, 0.25) is 0 Å². The number of ether oxygens (including phenoxy) is 1. The molecular weight excluding hydrogens is 302 g/mol. The zero-order valence-electron chi connectivity index (χ0n) is 13.3. The Morgan fingerprint density at radius 2 is 2.23 bits per heavy atom. The Labute approximate surface area is 134 Å². The highest BCUT2D eigenvalue weighted by Gasteiger charge is 2.31. The molecule has 7 heteroatoms. The Hall–Kier alpha value is -1.63. The van der Waals surface area contributed by atoms with E-state index in [0.717, 1.165) is 36.3 Å². The maximum Gasteiger partial charge on any atom is 0.417 e. The average molecular weight is 325 g/mol. The number of anilines is 1. The van der Waals surface area contributed by atoms with E-state index < -0.39 is 12.1 Å². The van der Waals surface area contributed by atoms with Gasteiger partial charge in [-0.3, -0.25) is 4.79 Å². The van der Waals surface area contributed by atoms with Gasteiger partial charge in [0.25, 0.3) is 0 Å². The summed E-state index contributed by atoms with van der Waals surface area (Å²) in [5.74, 6) is -0.795. The SMILES string of the molecule is CCCN(C(=O)OC(=O)C(C)C)[C@H]1CCc2nc(N)sc2C1. The van der Waals surface area contributed by atoms with Gasteiger partial charge in [0.15, 0.2) is 5.13 Å². The number of carbonyl (C=O) groups excluding carboxylic acids is 2. The van der Waals surface area contributed by atoms with Gasteiger partial charge in [-0.05, 0) is 19.3 Å². The quantitative estimate of drug-likeness (QED) is 0.679. The summed E-state index contributed by atoms with van der Waals surface area (Å²) in [4.78, 5) is 31.1. The van der Waals surface area contributed by atoms with Crippen molar-refractivity contribution >= 4 is 28.5 Å². The van der Waals surface area contributed by atoms with Crippen molar-refractivity contribution in [3.05, 3.63) is 10.6 Å². The van der Waals surface area contributed by atoms with Crippen molar-refractivity contribution < 1.29 is 14.3 Å². The van der Waals surface area contributed by atoms with Crippen LogP contribution in [0.2, 0.25) is 0 Å². The predicted octanol–water partition coefficient (Wildman–Crippen LogP) is 2.61. The molecule has 2 rings (SSSR count). The third-order valence-corrected chi connectivity index (χ3v) is 4.68. The summed E-state index contributed by atoms with van der Waals surface area (Å²) in [5.41, 5.74) is 6.80. The van der Waals surface area contributed by atoms with Gasteiger partial charge in [-0.2, -0.15) is 0 Å². The number of thiazole rings is 1. The first-order chi connectivity index (χ1) is 10.4. The van der Waals surface area contributed by atoms with Crippen LogP contribution in [-0.2, 0) is 22.4 Å². The van der Waals surface area contributed by atoms with Crippen LogP contribution in [-0.4, -0.2) is 34.5 Å². The molecule has 0 aromatic carbocycles. The van der Waals surface area contributed by atoms with Crippen LogP contribution in [0.5, 0.6) is 0 Å². The smallest absolute Gasteiger partial charge is 0.376 e. The number of fused-ring (bicyclic) bond motifs is 1. The van der Waals surface area contributed by atoms with Crippen molar-refractivity contribution in [3.63, 3.8) is 0 Å². The van der Waals surface area contributed by atoms with Gasteiger partial charge >= 0.3 is 12.1 Å². The molecule has 0 saturated carbocycles. The number of amides is 1. The monoisotopic (exact) mass is 325 g/mol. The molecule has 0 spiro atoms. The van der Waals surface area contributed by atoms with Crippen molar-refractivity contribution in [3.8, 4) is 0 Å². The Morgan fingerprint density at radius 1 is 1.50 bits per heavy atom. The Bertz CT molecular complexity index is 556. The number of aromatic nitrogens is 1. The molecule has 122 valence electrons. The minimum atomic E-state index is -0.536. The zero-order valence-corrected chi connectivity index (χ0v) is 14.1. The van der Waals surface area contributed by atoms with Gasteiger partial charge in [-0.15, -0.1) is 11.3 Å². The van der Waals surface area contributed by atoms with Gasteiger partial charge in [-0.1, -0.05) is 20.8 Å². The summed E-state index contributed by atoms with van der Waals surface area (Å²) in [6.45, 7) is 6.02. The van der Waals surface area contributed by atoms with E-state index in [1.807, 2.05) is 6.92 Å². The number of aryl methyl sites for hydroxylation is 1. The van der Waals surface area contributed by atoms with Crippen molar-refractivity contribution in [1.29, 1.82) is 0 Å². The number of carbonyl (C=O) groups is 2. The van der Waals surface area contributed by atoms with Crippen molar-refractivity contribution in [2.75, 3.05) is 12.3 Å². The van der Waals surface area contributed by atoms with Crippen LogP contribution >= 0.6 is 11.3 Å². The maximum atomic E-state index is 12.3. The Kier molecular flexibility index (Phi) is 5.39. The summed E-state index contributed by atoms with van der Waals surface area (Å²) in [6, 6.07) is 0.0414. The van der Waals surface area contributed by atoms with Gasteiger partial charge in [0.1, 0.15) is 0 Å². The first kappa shape index (κ1) is 16.7. The maximum absolute atomic E-state index is 12.3. The van der Waals surface area contributed by atoms with Gasteiger partial charge in [-0.25, -0.2) is 9.78 Å². The Balaban J connectivity index is 2.08. The summed E-state index contributed by atoms with van der Waals surface area (Å²) in [6.07, 6.45) is 2.64. The highest BCUT2D eigenvalue weighted by atomic mass is 32.1. The molecule has 1 heterocycles. The summed E-state index contributed by atoms with van der Waals surface area (Å²) in [5, 5.41) is 0.574. The normalized spacial score (nSPS) is 17.2. The second-order valence-corrected chi connectivity index (χ2v) is 6.97. The van der Waals surface area contributed by atoms with E-state index in [9.17, 15) is 9.59 Å². The predicted molar refractivity (Wildman–Crippen MR) is 85.7 cm³/mol. The van der Waals surface area contributed by atoms with Gasteiger partial charge < -0.3 is 15.4 Å². The van der Waals surface area contributed by atoms with E-state index in [2.05, 4.69) is 4.98 Å². The molecule has 1 atom stereocenters. The number of nitrogen functional groups attached to an aromatic ring is 1. The molecule has 1 amide bonds. The second-order valence-electron chi connectivity index (χ2n) is 5.85. The third-order valence-electron chi connectivity index (χ3n) is 3.73. The molecule has 0 saturated heterocycles. The fourth-order valence-corrected chi connectivity index (χ4v) is 3.52. The number of hydrogen-bond acceptors (Lipinski definition) is 6. The van der Waals surface area contributed by atoms with Gasteiger partial charge in [0.05, 0.1) is 11.6 Å². The molecule has 0 radical (unpaired) electrons. The molecule has 22 heavy (non-hydrogen) atoms. The first-order valence-corrected chi connectivity index (χ1v) is 8.50. The van der Waals surface area contributed by atoms with E-state index in [1.54, 1.807) is 18.7 Å². The fourth-order valence-electron chi connectivity index (χ4n) is 2.57. The number of nitrogens with zero attached hydrogens (tertiary/aromatic N) is 2. The van der Waals surface area contributed by atoms with E-state index in [-0.39, 0.29) is 12.0 Å². The van der Waals surface area contributed by atoms with Crippen LogP contribution in [0.1, 0.15) is 44.2 Å². The average Bonchev–Trinajstić information content (AvgIpc) is 2.83. The molecule has 0 fully saturated rings. The molecule has 1 aliphatic rings. The summed E-state index contributed by atoms with van der Waals surface area (Å²) < 4.78 is 4.98. The van der Waals surface area contributed by atoms with Crippen molar-refractivity contribution in [2.45, 2.75) is 52.5 Å². The second kappa shape index (κ2) is 7.09. The number of nitrogens with two attached hydrogens (primary N) is 1. The highest BCUT2D eigenvalue weighted by molar-refractivity contribution is 7.15. The van der Waals surface area contributed by atoms with E-state index in [4.69, 9.17) is 10.5 Å². The van der Waals surface area contributed by atoms with Crippen molar-refractivity contribution in [1.82, 2.24) is 9.88 Å². The molecule has 2 N–H and O–H groups in total. The van der Waals surface area contributed by atoms with Crippen LogP contribution in [0.4, 0.5) is 9.93 Å². The largest absolute Gasteiger partial charge is 0.417 e. The molecule has 1 aromatic rings. The standard InChI is InChI=1S/C15H23N3O3S/c1-4-7-18(15(20)21-13(19)9(2)3)10-5-6-11-12(8-10)22-14(16)17-11/h9-10H,4-8H2,1-3H3,(H2,16,17)/t10-/m0/s1. The molecule has 0 aliphatic heterocycles. The lowest BCUT2D eigenvalue weighted by Gasteiger charge is -2.32. The number of rotatable bonds is 4. The lowest BCUT2D eigenvalue weighted by atomic mass is 9.96. The van der Waals surface area contributed by atoms with Crippen LogP contribution in [0.25, 0.3) is 0 Å². The third kappa shape index (κ3) is 3.76. The van der Waals surface area contributed by atoms with Crippen LogP contribution < -0.4 is 5.73 Å². The molecule has 6 nitrogen and oxygen atoms in total. The lowest BCUT2D eigenvalue weighted by molar-refractivity contribution is -0.142. The molecule has 0 bridgehead atoms. The summed E-state index contributed by atoms with van der Waals surface area (Å²) in [7, 11) is 0. The van der Waals surface area contributed by atoms with E-state index in [0.29, 0.717) is 11.7 Å². The van der Waals surface area contributed by atoms with E-state index in [1.165, 1.54) is 11.3 Å². The van der Waals surface area contributed by atoms with Crippen molar-refractivity contribution in [2.24, 2.45) is 5.92 Å². The fraction of sp³-hybridized carbons (Fsp3) is 0.667. The number of hydrogen-bond donors (Lipinski definition) is 1. The molecule has 0 unspecified atom stereocenters. The van der Waals surface area contributed by atoms with Crippen LogP contribution in [0.3, 0.4) is 0 Å². The lowest BCUT2D eigenvalue weighted by Crippen LogP contribution is -2.45. The highest BCUT2D eigenvalue weighted by Crippen LogP contribution is 2.30. The Morgan fingerprint density at radius 3 is 2.86 bits per heavy atom. The van der Waals surface area contributed by atoms with Crippen LogP contribution in [0.15, 0.2) is 0 Å². The first-order valence-electron chi connectivity index (χ1n) is 7.68. The van der Waals surface area contributed by atoms with Crippen LogP contribution in [0, 0.1) is 5.92 Å². The molecule has 1 aliphatic carbocycles. The number of esters is 1. The molecule has 1 aromatic heterocycles. The topological polar surface area (TPSA) is 85.5 Å². The minimum absolute atomic E-state index is 0.0414. The zero-order chi connectivity index (χ0) is 16.3. The van der Waals surface area contributed by atoms with E-state index >= 15 is 0 Å². The molecular formula is C15H23N3O3S. The minimum Gasteiger partial charge on any atom is -0.376 e. The van der Waals surface area contributed by atoms with Gasteiger partial charge in [0, 0.05) is 23.9 Å². The summed E-state index contributed by atoms with van der Waals surface area (Å²) >= 11 is 1.48.